The number of nitriles is 1. The zero-order valence-corrected chi connectivity index (χ0v) is 10.5. The molecule has 0 aliphatic heterocycles. The van der Waals surface area contributed by atoms with Gasteiger partial charge in [-0.25, -0.2) is 8.42 Å². The van der Waals surface area contributed by atoms with Crippen LogP contribution in [0.1, 0.15) is 12.5 Å². The normalized spacial score (nSPS) is 10.9. The van der Waals surface area contributed by atoms with Crippen LogP contribution in [0, 0.1) is 11.3 Å². The lowest BCUT2D eigenvalue weighted by Crippen LogP contribution is -2.28. The lowest BCUT2D eigenvalue weighted by molar-refractivity contribution is 0.595. The third-order valence-corrected chi connectivity index (χ3v) is 4.20. The van der Waals surface area contributed by atoms with Gasteiger partial charge in [-0.1, -0.05) is 11.6 Å². The molecule has 0 N–H and O–H groups in total. The van der Waals surface area contributed by atoms with E-state index in [9.17, 15) is 8.42 Å². The van der Waals surface area contributed by atoms with E-state index in [1.54, 1.807) is 13.0 Å². The Morgan fingerprint density at radius 1 is 1.50 bits per heavy atom. The van der Waals surface area contributed by atoms with E-state index >= 15 is 0 Å². The molecule has 0 radical (unpaired) electrons. The first kappa shape index (κ1) is 12.8. The van der Waals surface area contributed by atoms with E-state index in [1.165, 1.54) is 19.2 Å². The van der Waals surface area contributed by atoms with Crippen LogP contribution >= 0.6 is 11.6 Å². The van der Waals surface area contributed by atoms with Gasteiger partial charge in [-0.3, -0.25) is 4.31 Å². The molecule has 0 saturated carbocycles. The number of benzene rings is 1. The maximum Gasteiger partial charge on any atom is 0.234 e. The van der Waals surface area contributed by atoms with Crippen LogP contribution in [0.25, 0.3) is 0 Å². The van der Waals surface area contributed by atoms with Gasteiger partial charge in [0, 0.05) is 12.1 Å². The fourth-order valence-electron chi connectivity index (χ4n) is 1.22. The Hall–Kier alpha value is -1.25. The third-order valence-electron chi connectivity index (χ3n) is 2.20. The lowest BCUT2D eigenvalue weighted by atomic mass is 10.2. The molecule has 0 spiro atoms. The van der Waals surface area contributed by atoms with Crippen LogP contribution in [0.5, 0.6) is 0 Å². The van der Waals surface area contributed by atoms with Gasteiger partial charge in [-0.05, 0) is 25.1 Å². The summed E-state index contributed by atoms with van der Waals surface area (Å²) >= 11 is 5.73. The van der Waals surface area contributed by atoms with Crippen LogP contribution in [0.15, 0.2) is 18.2 Å². The first-order valence-electron chi connectivity index (χ1n) is 4.58. The number of halogens is 1. The minimum absolute atomic E-state index is 0.0169. The Morgan fingerprint density at radius 3 is 2.62 bits per heavy atom. The van der Waals surface area contributed by atoms with Crippen molar-refractivity contribution < 1.29 is 8.42 Å². The molecule has 0 amide bonds. The van der Waals surface area contributed by atoms with E-state index in [4.69, 9.17) is 16.9 Å². The van der Waals surface area contributed by atoms with Gasteiger partial charge in [0.05, 0.1) is 17.0 Å². The quantitative estimate of drug-likeness (QED) is 0.833. The Balaban J connectivity index is 3.30. The van der Waals surface area contributed by atoms with Crippen molar-refractivity contribution >= 4 is 27.3 Å². The van der Waals surface area contributed by atoms with Crippen LogP contribution in [0.3, 0.4) is 0 Å². The molecule has 4 nitrogen and oxygen atoms in total. The van der Waals surface area contributed by atoms with Gasteiger partial charge < -0.3 is 0 Å². The fraction of sp³-hybridized carbons (Fsp3) is 0.300. The lowest BCUT2D eigenvalue weighted by Gasteiger charge is -2.19. The highest BCUT2D eigenvalue weighted by atomic mass is 35.5. The molecule has 86 valence electrons. The molecule has 0 atom stereocenters. The average molecular weight is 259 g/mol. The second-order valence-corrected chi connectivity index (χ2v) is 5.87. The molecule has 0 saturated heterocycles. The summed E-state index contributed by atoms with van der Waals surface area (Å²) in [5.41, 5.74) is 0.584. The van der Waals surface area contributed by atoms with Crippen LogP contribution in [-0.4, -0.2) is 21.2 Å². The fourth-order valence-corrected chi connectivity index (χ4v) is 2.23. The van der Waals surface area contributed by atoms with Crippen molar-refractivity contribution in [3.05, 3.63) is 28.8 Å². The van der Waals surface area contributed by atoms with Crippen molar-refractivity contribution in [3.63, 3.8) is 0 Å². The van der Waals surface area contributed by atoms with Gasteiger partial charge in [0.25, 0.3) is 0 Å². The Morgan fingerprint density at radius 2 is 2.12 bits per heavy atom. The standard InChI is InChI=1S/C10H11ClN2O2S/c1-3-16(14,15)13(2)10-5-4-9(11)6-8(10)7-12/h4-6H,3H2,1-2H3. The summed E-state index contributed by atoms with van der Waals surface area (Å²) in [5.74, 6) is -0.0169. The molecule has 0 unspecified atom stereocenters. The maximum atomic E-state index is 11.6. The minimum Gasteiger partial charge on any atom is -0.272 e. The number of hydrogen-bond donors (Lipinski definition) is 0. The van der Waals surface area contributed by atoms with Crippen molar-refractivity contribution in [2.75, 3.05) is 17.1 Å². The predicted molar refractivity (Wildman–Crippen MR) is 64.0 cm³/mol. The van der Waals surface area contributed by atoms with Crippen molar-refractivity contribution in [2.45, 2.75) is 6.92 Å². The van der Waals surface area contributed by atoms with Gasteiger partial charge >= 0.3 is 0 Å². The molecule has 1 aromatic rings. The summed E-state index contributed by atoms with van der Waals surface area (Å²) in [6.45, 7) is 1.55. The summed E-state index contributed by atoms with van der Waals surface area (Å²) < 4.78 is 24.4. The van der Waals surface area contributed by atoms with Crippen LogP contribution in [0.2, 0.25) is 5.02 Å². The molecule has 0 aromatic heterocycles. The van der Waals surface area contributed by atoms with Crippen molar-refractivity contribution in [1.29, 1.82) is 5.26 Å². The molecule has 0 heterocycles. The minimum atomic E-state index is -3.36. The number of hydrogen-bond acceptors (Lipinski definition) is 3. The molecule has 6 heteroatoms. The second kappa shape index (κ2) is 4.73. The first-order valence-corrected chi connectivity index (χ1v) is 6.57. The van der Waals surface area contributed by atoms with Gasteiger partial charge in [0.2, 0.25) is 10.0 Å². The van der Waals surface area contributed by atoms with E-state index in [0.717, 1.165) is 4.31 Å². The number of nitrogens with zero attached hydrogens (tertiary/aromatic N) is 2. The van der Waals surface area contributed by atoms with E-state index in [2.05, 4.69) is 0 Å². The molecule has 16 heavy (non-hydrogen) atoms. The SMILES string of the molecule is CCS(=O)(=O)N(C)c1ccc(Cl)cc1C#N. The molecule has 1 rings (SSSR count). The van der Waals surface area contributed by atoms with Crippen LogP contribution in [0.4, 0.5) is 5.69 Å². The van der Waals surface area contributed by atoms with Crippen molar-refractivity contribution in [2.24, 2.45) is 0 Å². The Bertz CT molecular complexity index is 534. The van der Waals surface area contributed by atoms with Crippen LogP contribution in [-0.2, 0) is 10.0 Å². The molecule has 0 aliphatic carbocycles. The highest BCUT2D eigenvalue weighted by Crippen LogP contribution is 2.24. The molecule has 0 fully saturated rings. The number of anilines is 1. The Kier molecular flexibility index (Phi) is 3.79. The van der Waals surface area contributed by atoms with Gasteiger partial charge in [0.15, 0.2) is 0 Å². The first-order chi connectivity index (χ1) is 7.42. The summed E-state index contributed by atoms with van der Waals surface area (Å²) in [6, 6.07) is 6.44. The maximum absolute atomic E-state index is 11.6. The van der Waals surface area contributed by atoms with Gasteiger partial charge in [0.1, 0.15) is 6.07 Å². The Labute approximate surface area is 100 Å². The molecule has 1 aromatic carbocycles. The van der Waals surface area contributed by atoms with E-state index in [0.29, 0.717) is 10.7 Å². The molecular formula is C10H11ClN2O2S. The third kappa shape index (κ3) is 2.46. The zero-order valence-electron chi connectivity index (χ0n) is 8.94. The smallest absolute Gasteiger partial charge is 0.234 e. The highest BCUT2D eigenvalue weighted by molar-refractivity contribution is 7.92. The largest absolute Gasteiger partial charge is 0.272 e. The molecular weight excluding hydrogens is 248 g/mol. The van der Waals surface area contributed by atoms with Gasteiger partial charge in [-0.15, -0.1) is 0 Å². The zero-order chi connectivity index (χ0) is 12.3. The topological polar surface area (TPSA) is 61.2 Å². The summed E-state index contributed by atoms with van der Waals surface area (Å²) in [5, 5.41) is 9.31. The van der Waals surface area contributed by atoms with Crippen LogP contribution < -0.4 is 4.31 Å². The number of rotatable bonds is 3. The summed E-state index contributed by atoms with van der Waals surface area (Å²) in [4.78, 5) is 0. The van der Waals surface area contributed by atoms with E-state index < -0.39 is 10.0 Å². The van der Waals surface area contributed by atoms with Gasteiger partial charge in [-0.2, -0.15) is 5.26 Å². The summed E-state index contributed by atoms with van der Waals surface area (Å²) in [7, 11) is -1.94. The second-order valence-electron chi connectivity index (χ2n) is 3.14. The average Bonchev–Trinajstić information content (AvgIpc) is 2.27. The van der Waals surface area contributed by atoms with Crippen molar-refractivity contribution in [3.8, 4) is 6.07 Å². The van der Waals surface area contributed by atoms with E-state index in [1.807, 2.05) is 6.07 Å². The van der Waals surface area contributed by atoms with E-state index in [-0.39, 0.29) is 11.3 Å². The molecule has 0 bridgehead atoms. The predicted octanol–water partition coefficient (Wildman–Crippen LogP) is 2.00. The highest BCUT2D eigenvalue weighted by Gasteiger charge is 2.18. The number of sulfonamides is 1. The monoisotopic (exact) mass is 258 g/mol. The van der Waals surface area contributed by atoms with Crippen molar-refractivity contribution in [1.82, 2.24) is 0 Å². The molecule has 0 aliphatic rings. The summed E-state index contributed by atoms with van der Waals surface area (Å²) in [6.07, 6.45) is 0.